The highest BCUT2D eigenvalue weighted by Gasteiger charge is 2.34. The van der Waals surface area contributed by atoms with E-state index in [-0.39, 0.29) is 0 Å². The van der Waals surface area contributed by atoms with Gasteiger partial charge >= 0.3 is 0 Å². The van der Waals surface area contributed by atoms with Crippen molar-refractivity contribution in [3.8, 4) is 17.2 Å². The Labute approximate surface area is 250 Å². The zero-order valence-corrected chi connectivity index (χ0v) is 25.2. The molecule has 0 amide bonds. The zero-order valence-electron chi connectivity index (χ0n) is 25.2. The van der Waals surface area contributed by atoms with Crippen molar-refractivity contribution in [3.05, 3.63) is 65.7 Å². The molecule has 1 unspecified atom stereocenters. The van der Waals surface area contributed by atoms with Crippen molar-refractivity contribution in [1.82, 2.24) is 19.8 Å². The van der Waals surface area contributed by atoms with Crippen LogP contribution in [-0.2, 0) is 6.54 Å². The smallest absolute Gasteiger partial charge is 0.231 e. The van der Waals surface area contributed by atoms with Crippen LogP contribution in [0, 0.1) is 5.92 Å². The summed E-state index contributed by atoms with van der Waals surface area (Å²) in [7, 11) is 1.74. The molecule has 1 atom stereocenters. The summed E-state index contributed by atoms with van der Waals surface area (Å²) in [6.45, 7) is 10.2. The van der Waals surface area contributed by atoms with Gasteiger partial charge in [-0.25, -0.2) is 10.0 Å². The van der Waals surface area contributed by atoms with Gasteiger partial charge in [0.05, 0.1) is 13.2 Å². The van der Waals surface area contributed by atoms with E-state index in [0.717, 1.165) is 62.4 Å². The first-order valence-electron chi connectivity index (χ1n) is 16.1. The molecule has 7 heteroatoms. The van der Waals surface area contributed by atoms with Gasteiger partial charge in [0.1, 0.15) is 5.75 Å². The number of hydrazine groups is 1. The topological polar surface area (TPSA) is 40.7 Å². The molecule has 0 aromatic heterocycles. The Morgan fingerprint density at radius 1 is 0.762 bits per heavy atom. The quantitative estimate of drug-likeness (QED) is 0.332. The van der Waals surface area contributed by atoms with Crippen molar-refractivity contribution < 1.29 is 14.2 Å². The number of methoxy groups -OCH3 is 1. The molecule has 1 aliphatic carbocycles. The van der Waals surface area contributed by atoms with E-state index < -0.39 is 0 Å². The van der Waals surface area contributed by atoms with E-state index in [1.54, 1.807) is 7.11 Å². The maximum Gasteiger partial charge on any atom is 0.231 e. The van der Waals surface area contributed by atoms with Crippen LogP contribution in [0.4, 0.5) is 0 Å². The first kappa shape index (κ1) is 28.0. The van der Waals surface area contributed by atoms with E-state index in [1.165, 1.54) is 80.1 Å². The van der Waals surface area contributed by atoms with Crippen LogP contribution in [0.1, 0.15) is 55.7 Å². The number of benzene rings is 3. The Kier molecular flexibility index (Phi) is 8.52. The monoisotopic (exact) mass is 570 g/mol. The molecule has 2 saturated heterocycles. The van der Waals surface area contributed by atoms with Gasteiger partial charge in [0.25, 0.3) is 0 Å². The lowest BCUT2D eigenvalue weighted by Crippen LogP contribution is -2.59. The summed E-state index contributed by atoms with van der Waals surface area (Å²) in [6, 6.07) is 20.1. The molecule has 1 saturated carbocycles. The largest absolute Gasteiger partial charge is 0.497 e. The zero-order chi connectivity index (χ0) is 28.3. The predicted octanol–water partition coefficient (Wildman–Crippen LogP) is 5.94. The lowest BCUT2D eigenvalue weighted by Gasteiger charge is -2.49. The highest BCUT2D eigenvalue weighted by Crippen LogP contribution is 2.35. The molecule has 0 N–H and O–H groups in total. The van der Waals surface area contributed by atoms with Crippen molar-refractivity contribution in [2.45, 2.75) is 51.1 Å². The van der Waals surface area contributed by atoms with Crippen LogP contribution < -0.4 is 14.2 Å². The highest BCUT2D eigenvalue weighted by atomic mass is 16.7. The molecule has 0 radical (unpaired) electrons. The Morgan fingerprint density at radius 2 is 1.55 bits per heavy atom. The lowest BCUT2D eigenvalue weighted by atomic mass is 9.87. The highest BCUT2D eigenvalue weighted by molar-refractivity contribution is 5.84. The minimum atomic E-state index is 0.313. The summed E-state index contributed by atoms with van der Waals surface area (Å²) in [5.41, 5.74) is 2.67. The predicted molar refractivity (Wildman–Crippen MR) is 167 cm³/mol. The van der Waals surface area contributed by atoms with Gasteiger partial charge in [-0.05, 0) is 71.1 Å². The molecule has 224 valence electrons. The standard InChI is InChI=1S/C35H46N4O3/c1-40-32-11-10-29-22-31(9-8-30(29)23-32)33-25-37(24-28-7-12-34-35(21-28)42-26-41-34)17-20-39(33)38-18-15-36(16-19-38)14-13-27-5-3-2-4-6-27/h7-12,21-23,27,33H,2-6,13-20,24-26H2,1H3. The molecule has 7 rings (SSSR count). The minimum Gasteiger partial charge on any atom is -0.497 e. The number of rotatable bonds is 8. The van der Waals surface area contributed by atoms with E-state index in [9.17, 15) is 0 Å². The fourth-order valence-electron chi connectivity index (χ4n) is 7.52. The van der Waals surface area contributed by atoms with Crippen molar-refractivity contribution in [3.63, 3.8) is 0 Å². The summed E-state index contributed by atoms with van der Waals surface area (Å²) >= 11 is 0. The molecule has 7 nitrogen and oxygen atoms in total. The molecule has 3 heterocycles. The van der Waals surface area contributed by atoms with E-state index in [4.69, 9.17) is 14.2 Å². The third-order valence-corrected chi connectivity index (χ3v) is 10.0. The third kappa shape index (κ3) is 6.25. The van der Waals surface area contributed by atoms with Crippen LogP contribution in [0.3, 0.4) is 0 Å². The van der Waals surface area contributed by atoms with Crippen LogP contribution in [-0.4, -0.2) is 86.1 Å². The molecule has 42 heavy (non-hydrogen) atoms. The third-order valence-electron chi connectivity index (χ3n) is 10.0. The van der Waals surface area contributed by atoms with Gasteiger partial charge in [-0.15, -0.1) is 0 Å². The average molecular weight is 571 g/mol. The SMILES string of the molecule is COc1ccc2cc(C3CN(Cc4ccc5c(c4)OCO5)CCN3N3CCN(CCC4CCCCC4)CC3)ccc2c1. The van der Waals surface area contributed by atoms with Crippen molar-refractivity contribution >= 4 is 10.8 Å². The molecule has 0 bridgehead atoms. The fraction of sp³-hybridized carbons (Fsp3) is 0.543. The summed E-state index contributed by atoms with van der Waals surface area (Å²) in [6.07, 6.45) is 8.65. The molecular weight excluding hydrogens is 524 g/mol. The second-order valence-electron chi connectivity index (χ2n) is 12.7. The molecule has 0 spiro atoms. The Balaban J connectivity index is 1.06. The van der Waals surface area contributed by atoms with Crippen LogP contribution >= 0.6 is 0 Å². The van der Waals surface area contributed by atoms with Gasteiger partial charge in [-0.2, -0.15) is 0 Å². The maximum absolute atomic E-state index is 5.66. The maximum atomic E-state index is 5.66. The van der Waals surface area contributed by atoms with Crippen molar-refractivity contribution in [2.24, 2.45) is 5.92 Å². The number of hydrogen-bond acceptors (Lipinski definition) is 7. The molecular formula is C35H46N4O3. The summed E-state index contributed by atoms with van der Waals surface area (Å²) in [4.78, 5) is 5.33. The second kappa shape index (κ2) is 12.8. The fourth-order valence-corrected chi connectivity index (χ4v) is 7.52. The number of nitrogens with zero attached hydrogens (tertiary/aromatic N) is 4. The van der Waals surface area contributed by atoms with Gasteiger partial charge in [-0.1, -0.05) is 56.4 Å². The first-order chi connectivity index (χ1) is 20.7. The van der Waals surface area contributed by atoms with Crippen molar-refractivity contribution in [2.75, 3.05) is 66.3 Å². The number of ether oxygens (including phenoxy) is 3. The van der Waals surface area contributed by atoms with E-state index >= 15 is 0 Å². The van der Waals surface area contributed by atoms with Gasteiger partial charge < -0.3 is 19.1 Å². The summed E-state index contributed by atoms with van der Waals surface area (Å²) in [5.74, 6) is 3.60. The van der Waals surface area contributed by atoms with Gasteiger partial charge in [0.15, 0.2) is 11.5 Å². The number of piperazine rings is 2. The number of hydrogen-bond donors (Lipinski definition) is 0. The molecule has 3 aromatic rings. The first-order valence-corrected chi connectivity index (χ1v) is 16.1. The number of fused-ring (bicyclic) bond motifs is 2. The Hall–Kier alpha value is -2.84. The molecule has 3 aliphatic heterocycles. The minimum absolute atomic E-state index is 0.313. The molecule has 3 fully saturated rings. The van der Waals surface area contributed by atoms with Gasteiger partial charge in [-0.3, -0.25) is 4.90 Å². The van der Waals surface area contributed by atoms with Crippen LogP contribution in [0.25, 0.3) is 10.8 Å². The van der Waals surface area contributed by atoms with Crippen LogP contribution in [0.15, 0.2) is 54.6 Å². The van der Waals surface area contributed by atoms with Crippen LogP contribution in [0.5, 0.6) is 17.2 Å². The van der Waals surface area contributed by atoms with E-state index in [1.807, 2.05) is 0 Å². The summed E-state index contributed by atoms with van der Waals surface area (Å²) in [5, 5.41) is 7.86. The lowest BCUT2D eigenvalue weighted by molar-refractivity contribution is -0.118. The van der Waals surface area contributed by atoms with Crippen molar-refractivity contribution in [1.29, 1.82) is 0 Å². The Bertz CT molecular complexity index is 1350. The van der Waals surface area contributed by atoms with E-state index in [2.05, 4.69) is 74.4 Å². The van der Waals surface area contributed by atoms with Gasteiger partial charge in [0, 0.05) is 52.4 Å². The molecule has 3 aromatic carbocycles. The summed E-state index contributed by atoms with van der Waals surface area (Å²) < 4.78 is 16.7. The average Bonchev–Trinajstić information content (AvgIpc) is 3.52. The Morgan fingerprint density at radius 3 is 2.40 bits per heavy atom. The second-order valence-corrected chi connectivity index (χ2v) is 12.7. The van der Waals surface area contributed by atoms with Crippen LogP contribution in [0.2, 0.25) is 0 Å². The normalized spacial score (nSPS) is 23.0. The van der Waals surface area contributed by atoms with E-state index in [0.29, 0.717) is 12.8 Å². The molecule has 4 aliphatic rings. The van der Waals surface area contributed by atoms with Gasteiger partial charge in [0.2, 0.25) is 6.79 Å².